The highest BCUT2D eigenvalue weighted by Crippen LogP contribution is 2.35. The fraction of sp³-hybridized carbons (Fsp3) is 0.273. The van der Waals surface area contributed by atoms with Gasteiger partial charge in [-0.3, -0.25) is 5.10 Å². The van der Waals surface area contributed by atoms with Gasteiger partial charge in [-0.05, 0) is 50.1 Å². The van der Waals surface area contributed by atoms with Gasteiger partial charge >= 0.3 is 5.97 Å². The minimum absolute atomic E-state index is 0.376. The minimum atomic E-state index is -0.376. The molecular formula is C22H21N5O2. The fourth-order valence-electron chi connectivity index (χ4n) is 4.02. The van der Waals surface area contributed by atoms with Gasteiger partial charge in [-0.1, -0.05) is 6.07 Å². The Bertz CT molecular complexity index is 1230. The Balaban J connectivity index is 1.73. The molecule has 1 aliphatic heterocycles. The number of methoxy groups -OCH3 is 1. The number of anilines is 1. The zero-order valence-electron chi connectivity index (χ0n) is 16.3. The summed E-state index contributed by atoms with van der Waals surface area (Å²) >= 11 is 0. The minimum Gasteiger partial charge on any atom is -0.465 e. The first kappa shape index (κ1) is 17.6. The molecule has 0 aliphatic carbocycles. The molecule has 1 saturated heterocycles. The first-order chi connectivity index (χ1) is 14.1. The van der Waals surface area contributed by atoms with Crippen LogP contribution in [0.1, 0.15) is 30.1 Å². The molecule has 1 aliphatic rings. The second-order valence-electron chi connectivity index (χ2n) is 7.45. The number of carbonyl (C=O) groups excluding carboxylic acids is 1. The predicted octanol–water partition coefficient (Wildman–Crippen LogP) is 3.95. The summed E-state index contributed by atoms with van der Waals surface area (Å²) < 4.78 is 4.85. The molecule has 0 unspecified atom stereocenters. The number of rotatable bonds is 3. The Morgan fingerprint density at radius 3 is 2.86 bits per heavy atom. The summed E-state index contributed by atoms with van der Waals surface area (Å²) in [7, 11) is 1.38. The summed E-state index contributed by atoms with van der Waals surface area (Å²) in [6, 6.07) is 11.8. The second-order valence-corrected chi connectivity index (χ2v) is 7.45. The molecule has 7 nitrogen and oxygen atoms in total. The molecule has 1 atom stereocenters. The van der Waals surface area contributed by atoms with E-state index < -0.39 is 0 Å². The lowest BCUT2D eigenvalue weighted by Gasteiger charge is -2.25. The number of hydrogen-bond donors (Lipinski definition) is 1. The molecule has 7 heteroatoms. The van der Waals surface area contributed by atoms with E-state index in [0.29, 0.717) is 17.1 Å². The highest BCUT2D eigenvalue weighted by atomic mass is 16.5. The monoisotopic (exact) mass is 387 g/mol. The van der Waals surface area contributed by atoms with Crippen LogP contribution in [0.3, 0.4) is 0 Å². The molecule has 0 radical (unpaired) electrons. The number of esters is 1. The van der Waals surface area contributed by atoms with E-state index in [1.807, 2.05) is 24.4 Å². The van der Waals surface area contributed by atoms with E-state index in [-0.39, 0.29) is 5.97 Å². The van der Waals surface area contributed by atoms with Crippen molar-refractivity contribution in [1.29, 1.82) is 0 Å². The van der Waals surface area contributed by atoms with Crippen molar-refractivity contribution in [2.24, 2.45) is 0 Å². The predicted molar refractivity (Wildman–Crippen MR) is 112 cm³/mol. The van der Waals surface area contributed by atoms with Crippen LogP contribution in [-0.2, 0) is 4.74 Å². The molecule has 3 heterocycles. The van der Waals surface area contributed by atoms with Crippen molar-refractivity contribution in [3.05, 3.63) is 48.2 Å². The van der Waals surface area contributed by atoms with Crippen molar-refractivity contribution < 1.29 is 9.53 Å². The topological polar surface area (TPSA) is 84.0 Å². The summed E-state index contributed by atoms with van der Waals surface area (Å²) in [6.45, 7) is 3.16. The van der Waals surface area contributed by atoms with Gasteiger partial charge in [0, 0.05) is 23.5 Å². The summed E-state index contributed by atoms with van der Waals surface area (Å²) in [4.78, 5) is 24.2. The van der Waals surface area contributed by atoms with Gasteiger partial charge < -0.3 is 9.64 Å². The number of H-pyrrole nitrogens is 1. The van der Waals surface area contributed by atoms with E-state index in [1.165, 1.54) is 7.11 Å². The number of aromatic amines is 1. The van der Waals surface area contributed by atoms with Crippen LogP contribution in [0.5, 0.6) is 0 Å². The van der Waals surface area contributed by atoms with Crippen LogP contribution in [0.2, 0.25) is 0 Å². The molecule has 0 spiro atoms. The Kier molecular flexibility index (Phi) is 4.16. The Morgan fingerprint density at radius 2 is 2.07 bits per heavy atom. The number of nitrogens with one attached hydrogen (secondary N) is 1. The first-order valence-corrected chi connectivity index (χ1v) is 9.74. The van der Waals surface area contributed by atoms with E-state index in [4.69, 9.17) is 14.7 Å². The van der Waals surface area contributed by atoms with Gasteiger partial charge in [0.25, 0.3) is 0 Å². The summed E-state index contributed by atoms with van der Waals surface area (Å²) in [5.41, 5.74) is 4.74. The number of aromatic nitrogens is 4. The standard InChI is InChI=1S/C22H21N5O2/c1-13-4-3-9-27(13)21-20(14-5-7-17-16(10-14)12-23-26-17)24-18-8-6-15(22(28)29-2)11-19(18)25-21/h5-8,10-13H,3-4,9H2,1-2H3,(H,23,26)/t13-/m0/s1. The van der Waals surface area contributed by atoms with Crippen molar-refractivity contribution in [2.45, 2.75) is 25.8 Å². The van der Waals surface area contributed by atoms with Gasteiger partial charge in [0.05, 0.1) is 35.4 Å². The molecular weight excluding hydrogens is 366 g/mol. The SMILES string of the molecule is COC(=O)c1ccc2nc(-c3ccc4[nH]ncc4c3)c(N3CCC[C@@H]3C)nc2c1. The molecule has 4 aromatic rings. The molecule has 29 heavy (non-hydrogen) atoms. The highest BCUT2D eigenvalue weighted by molar-refractivity contribution is 5.95. The van der Waals surface area contributed by atoms with Crippen LogP contribution in [0.15, 0.2) is 42.6 Å². The van der Waals surface area contributed by atoms with Gasteiger partial charge in [0.1, 0.15) is 5.69 Å². The third-order valence-corrected chi connectivity index (χ3v) is 5.61. The molecule has 0 bridgehead atoms. The lowest BCUT2D eigenvalue weighted by molar-refractivity contribution is 0.0601. The first-order valence-electron chi connectivity index (χ1n) is 9.74. The summed E-state index contributed by atoms with van der Waals surface area (Å²) in [5, 5.41) is 8.14. The maximum atomic E-state index is 11.9. The second kappa shape index (κ2) is 6.84. The highest BCUT2D eigenvalue weighted by Gasteiger charge is 2.26. The fourth-order valence-corrected chi connectivity index (χ4v) is 4.02. The van der Waals surface area contributed by atoms with Gasteiger partial charge in [-0.2, -0.15) is 5.10 Å². The largest absolute Gasteiger partial charge is 0.465 e. The average molecular weight is 387 g/mol. The van der Waals surface area contributed by atoms with Gasteiger partial charge in [-0.15, -0.1) is 0 Å². The number of nitrogens with zero attached hydrogens (tertiary/aromatic N) is 4. The van der Waals surface area contributed by atoms with Crippen molar-refractivity contribution in [1.82, 2.24) is 20.2 Å². The molecule has 0 amide bonds. The maximum absolute atomic E-state index is 11.9. The maximum Gasteiger partial charge on any atom is 0.337 e. The zero-order chi connectivity index (χ0) is 20.0. The van der Waals surface area contributed by atoms with Crippen LogP contribution in [0.4, 0.5) is 5.82 Å². The van der Waals surface area contributed by atoms with Crippen molar-refractivity contribution >= 4 is 33.7 Å². The number of carbonyl (C=O) groups is 1. The molecule has 2 aromatic carbocycles. The van der Waals surface area contributed by atoms with Crippen LogP contribution in [-0.4, -0.2) is 45.8 Å². The Hall–Kier alpha value is -3.48. The van der Waals surface area contributed by atoms with Gasteiger partial charge in [0.2, 0.25) is 0 Å². The van der Waals surface area contributed by atoms with Crippen LogP contribution in [0.25, 0.3) is 33.2 Å². The molecule has 146 valence electrons. The zero-order valence-corrected chi connectivity index (χ0v) is 16.3. The Labute approximate surface area is 167 Å². The van der Waals surface area contributed by atoms with E-state index in [9.17, 15) is 4.79 Å². The van der Waals surface area contributed by atoms with E-state index in [2.05, 4.69) is 28.1 Å². The van der Waals surface area contributed by atoms with Crippen molar-refractivity contribution in [3.63, 3.8) is 0 Å². The quantitative estimate of drug-likeness (QED) is 0.536. The lowest BCUT2D eigenvalue weighted by atomic mass is 10.1. The third kappa shape index (κ3) is 2.99. The number of benzene rings is 2. The number of fused-ring (bicyclic) bond motifs is 2. The molecule has 1 N–H and O–H groups in total. The normalized spacial score (nSPS) is 16.6. The summed E-state index contributed by atoms with van der Waals surface area (Å²) in [5.74, 6) is 0.478. The van der Waals surface area contributed by atoms with E-state index in [1.54, 1.807) is 12.1 Å². The molecule has 2 aromatic heterocycles. The summed E-state index contributed by atoms with van der Waals surface area (Å²) in [6.07, 6.45) is 4.07. The van der Waals surface area contributed by atoms with Crippen LogP contribution >= 0.6 is 0 Å². The van der Waals surface area contributed by atoms with E-state index in [0.717, 1.165) is 52.9 Å². The van der Waals surface area contributed by atoms with Gasteiger partial charge in [-0.25, -0.2) is 14.8 Å². The van der Waals surface area contributed by atoms with Crippen molar-refractivity contribution in [3.8, 4) is 11.3 Å². The Morgan fingerprint density at radius 1 is 1.17 bits per heavy atom. The lowest BCUT2D eigenvalue weighted by Crippen LogP contribution is -2.28. The van der Waals surface area contributed by atoms with Crippen molar-refractivity contribution in [2.75, 3.05) is 18.6 Å². The van der Waals surface area contributed by atoms with Gasteiger partial charge in [0.15, 0.2) is 5.82 Å². The average Bonchev–Trinajstić information content (AvgIpc) is 3.39. The number of ether oxygens (including phenoxy) is 1. The molecule has 1 fully saturated rings. The van der Waals surface area contributed by atoms with E-state index >= 15 is 0 Å². The smallest absolute Gasteiger partial charge is 0.337 e. The van der Waals surface area contributed by atoms with Crippen LogP contribution in [0, 0.1) is 0 Å². The van der Waals surface area contributed by atoms with Crippen LogP contribution < -0.4 is 4.90 Å². The third-order valence-electron chi connectivity index (χ3n) is 5.61. The molecule has 0 saturated carbocycles. The number of hydrogen-bond acceptors (Lipinski definition) is 6. The molecule has 5 rings (SSSR count).